The number of ether oxygens (including phenoxy) is 3. The van der Waals surface area contributed by atoms with Crippen molar-refractivity contribution in [3.8, 4) is 5.75 Å². The summed E-state index contributed by atoms with van der Waals surface area (Å²) in [6.45, 7) is 16.8. The lowest BCUT2D eigenvalue weighted by Crippen LogP contribution is -2.34. The molecule has 0 amide bonds. The van der Waals surface area contributed by atoms with Gasteiger partial charge in [-0.2, -0.15) is 0 Å². The molecule has 5 heteroatoms. The van der Waals surface area contributed by atoms with Crippen LogP contribution >= 0.6 is 0 Å². The lowest BCUT2D eigenvalue weighted by molar-refractivity contribution is -0.155. The summed E-state index contributed by atoms with van der Waals surface area (Å²) in [5.74, 6) is 0.505. The monoisotopic (exact) mass is 420 g/mol. The van der Waals surface area contributed by atoms with Gasteiger partial charge < -0.3 is 19.3 Å². The van der Waals surface area contributed by atoms with Crippen LogP contribution in [0, 0.1) is 19.3 Å². The molecular weight excluding hydrogens is 380 g/mol. The highest BCUT2D eigenvalue weighted by Gasteiger charge is 2.37. The maximum Gasteiger partial charge on any atom is 0.311 e. The first-order valence-corrected chi connectivity index (χ1v) is 10.6. The van der Waals surface area contributed by atoms with Crippen molar-refractivity contribution in [1.29, 1.82) is 0 Å². The van der Waals surface area contributed by atoms with Crippen LogP contribution in [0.4, 0.5) is 0 Å². The fourth-order valence-corrected chi connectivity index (χ4v) is 3.72. The summed E-state index contributed by atoms with van der Waals surface area (Å²) < 4.78 is 16.3. The summed E-state index contributed by atoms with van der Waals surface area (Å²) in [5, 5.41) is 10.2. The number of aryl methyl sites for hydroxylation is 2. The third kappa shape index (κ3) is 7.13. The third-order valence-corrected chi connectivity index (χ3v) is 5.48. The highest BCUT2D eigenvalue weighted by molar-refractivity contribution is 5.76. The molecule has 1 unspecified atom stereocenters. The normalized spacial score (nSPS) is 13.9. The number of methoxy groups -OCH3 is 1. The molecule has 1 rings (SSSR count). The molecule has 0 heterocycles. The Bertz CT molecular complexity index is 723. The van der Waals surface area contributed by atoms with E-state index in [4.69, 9.17) is 14.2 Å². The second-order valence-corrected chi connectivity index (χ2v) is 9.37. The van der Waals surface area contributed by atoms with E-state index in [9.17, 15) is 9.90 Å². The van der Waals surface area contributed by atoms with Gasteiger partial charge in [-0.15, -0.1) is 0 Å². The number of hydrogen-bond donors (Lipinski definition) is 1. The van der Waals surface area contributed by atoms with Crippen molar-refractivity contribution in [1.82, 2.24) is 0 Å². The molecule has 0 bridgehead atoms. The molecule has 0 spiro atoms. The Labute approximate surface area is 182 Å². The lowest BCUT2D eigenvalue weighted by atomic mass is 9.71. The minimum atomic E-state index is -0.960. The van der Waals surface area contributed by atoms with E-state index in [1.54, 1.807) is 7.11 Å². The summed E-state index contributed by atoms with van der Waals surface area (Å²) in [4.78, 5) is 12.6. The van der Waals surface area contributed by atoms with E-state index in [2.05, 4.69) is 26.0 Å². The summed E-state index contributed by atoms with van der Waals surface area (Å²) in [6.07, 6.45) is 2.21. The quantitative estimate of drug-likeness (QED) is 0.229. The van der Waals surface area contributed by atoms with Crippen LogP contribution in [0.2, 0.25) is 0 Å². The largest absolute Gasteiger partial charge is 0.465 e. The van der Waals surface area contributed by atoms with Gasteiger partial charge in [-0.05, 0) is 75.6 Å². The Morgan fingerprint density at radius 2 is 1.70 bits per heavy atom. The van der Waals surface area contributed by atoms with Crippen LogP contribution in [0.15, 0.2) is 23.8 Å². The van der Waals surface area contributed by atoms with Crippen LogP contribution in [0.3, 0.4) is 0 Å². The molecular formula is C25H40O5. The number of carbonyl (C=O) groups is 1. The average molecular weight is 421 g/mol. The first-order chi connectivity index (χ1) is 13.9. The summed E-state index contributed by atoms with van der Waals surface area (Å²) in [7, 11) is 1.64. The Kier molecular flexibility index (Phi) is 9.57. The number of aliphatic hydroxyl groups excluding tert-OH is 1. The first-order valence-electron chi connectivity index (χ1n) is 10.6. The van der Waals surface area contributed by atoms with Gasteiger partial charge in [0, 0.05) is 20.1 Å². The molecule has 0 fully saturated rings. The van der Waals surface area contributed by atoms with Gasteiger partial charge in [0.05, 0.1) is 12.0 Å². The molecule has 170 valence electrons. The van der Waals surface area contributed by atoms with Crippen molar-refractivity contribution in [2.75, 3.05) is 20.3 Å². The van der Waals surface area contributed by atoms with Crippen LogP contribution in [0.1, 0.15) is 71.1 Å². The van der Waals surface area contributed by atoms with Crippen LogP contribution in [0.5, 0.6) is 5.75 Å². The fourth-order valence-electron chi connectivity index (χ4n) is 3.72. The molecule has 1 aromatic carbocycles. The summed E-state index contributed by atoms with van der Waals surface area (Å²) in [5.41, 5.74) is 2.95. The number of aliphatic hydroxyl groups is 1. The van der Waals surface area contributed by atoms with E-state index in [1.165, 1.54) is 0 Å². The number of benzene rings is 1. The molecule has 0 radical (unpaired) electrons. The van der Waals surface area contributed by atoms with Crippen LogP contribution in [-0.2, 0) is 19.7 Å². The zero-order valence-electron chi connectivity index (χ0n) is 20.2. The van der Waals surface area contributed by atoms with E-state index in [-0.39, 0.29) is 11.4 Å². The Morgan fingerprint density at radius 3 is 2.20 bits per heavy atom. The molecule has 30 heavy (non-hydrogen) atoms. The molecule has 0 aliphatic carbocycles. The topological polar surface area (TPSA) is 65.0 Å². The number of rotatable bonds is 11. The van der Waals surface area contributed by atoms with E-state index >= 15 is 0 Å². The highest BCUT2D eigenvalue weighted by atomic mass is 16.6. The molecule has 0 aliphatic heterocycles. The first kappa shape index (κ1) is 26.2. The van der Waals surface area contributed by atoms with E-state index in [0.717, 1.165) is 22.3 Å². The Morgan fingerprint density at radius 1 is 1.13 bits per heavy atom. The maximum absolute atomic E-state index is 12.6. The van der Waals surface area contributed by atoms with Crippen molar-refractivity contribution in [3.05, 3.63) is 40.5 Å². The second kappa shape index (κ2) is 11.0. The van der Waals surface area contributed by atoms with Crippen LogP contribution in [0.25, 0.3) is 0 Å². The van der Waals surface area contributed by atoms with Crippen molar-refractivity contribution < 1.29 is 24.1 Å². The van der Waals surface area contributed by atoms with Gasteiger partial charge in [-0.25, -0.2) is 0 Å². The summed E-state index contributed by atoms with van der Waals surface area (Å²) in [6, 6.07) is 4.17. The van der Waals surface area contributed by atoms with Crippen LogP contribution < -0.4 is 4.74 Å². The predicted octanol–water partition coefficient (Wildman–Crippen LogP) is 5.24. The van der Waals surface area contributed by atoms with Gasteiger partial charge >= 0.3 is 5.97 Å². The molecule has 1 atom stereocenters. The van der Waals surface area contributed by atoms with Crippen molar-refractivity contribution in [3.63, 3.8) is 0 Å². The van der Waals surface area contributed by atoms with E-state index < -0.39 is 11.7 Å². The third-order valence-electron chi connectivity index (χ3n) is 5.48. The SMILES string of the molecule is CC=C(C)C(O)Oc1c(C)cc(C(C)(C)CC(C)(C)C(=O)OCCCOC)cc1C. The number of esters is 1. The highest BCUT2D eigenvalue weighted by Crippen LogP contribution is 2.40. The van der Waals surface area contributed by atoms with Crippen molar-refractivity contribution in [2.24, 2.45) is 5.41 Å². The molecule has 1 N–H and O–H groups in total. The van der Waals surface area contributed by atoms with Gasteiger partial charge in [-0.1, -0.05) is 32.1 Å². The summed E-state index contributed by atoms with van der Waals surface area (Å²) >= 11 is 0. The maximum atomic E-state index is 12.6. The van der Waals surface area contributed by atoms with Gasteiger partial charge in [0.1, 0.15) is 5.75 Å². The van der Waals surface area contributed by atoms with Gasteiger partial charge in [-0.3, -0.25) is 4.79 Å². The molecule has 0 aliphatic rings. The minimum Gasteiger partial charge on any atom is -0.465 e. The molecule has 0 aromatic heterocycles. The van der Waals surface area contributed by atoms with Crippen molar-refractivity contribution in [2.45, 2.75) is 79.9 Å². The van der Waals surface area contributed by atoms with E-state index in [0.29, 0.717) is 31.8 Å². The second-order valence-electron chi connectivity index (χ2n) is 9.37. The average Bonchev–Trinajstić information content (AvgIpc) is 2.65. The minimum absolute atomic E-state index is 0.190. The van der Waals surface area contributed by atoms with E-state index in [1.807, 2.05) is 47.6 Å². The standard InChI is InChI=1S/C25H40O5/c1-10-17(2)22(26)30-21-18(3)14-20(15-19(21)4)24(5,6)16-25(7,8)23(27)29-13-11-12-28-9/h10,14-15,22,26H,11-13,16H2,1-9H3. The predicted molar refractivity (Wildman–Crippen MR) is 121 cm³/mol. The molecule has 0 saturated heterocycles. The van der Waals surface area contributed by atoms with Gasteiger partial charge in [0.25, 0.3) is 0 Å². The number of hydrogen-bond acceptors (Lipinski definition) is 5. The molecule has 1 aromatic rings. The lowest BCUT2D eigenvalue weighted by Gasteiger charge is -2.34. The van der Waals surface area contributed by atoms with Crippen LogP contribution in [-0.4, -0.2) is 37.7 Å². The zero-order chi connectivity index (χ0) is 23.1. The number of allylic oxidation sites excluding steroid dienone is 1. The Balaban J connectivity index is 3.00. The number of carbonyl (C=O) groups excluding carboxylic acids is 1. The Hall–Kier alpha value is -1.85. The van der Waals surface area contributed by atoms with Gasteiger partial charge in [0.2, 0.25) is 6.29 Å². The molecule has 5 nitrogen and oxygen atoms in total. The van der Waals surface area contributed by atoms with Crippen molar-refractivity contribution >= 4 is 5.97 Å². The van der Waals surface area contributed by atoms with Gasteiger partial charge in [0.15, 0.2) is 0 Å². The molecule has 0 saturated carbocycles. The fraction of sp³-hybridized carbons (Fsp3) is 0.640. The zero-order valence-corrected chi connectivity index (χ0v) is 20.2. The smallest absolute Gasteiger partial charge is 0.311 e.